The molecule has 6 nitrogen and oxygen atoms in total. The summed E-state index contributed by atoms with van der Waals surface area (Å²) >= 11 is 0. The smallest absolute Gasteiger partial charge is 0.330 e. The number of rotatable bonds is 6. The molecule has 120 valence electrons. The quantitative estimate of drug-likeness (QED) is 0.764. The van der Waals surface area contributed by atoms with Crippen LogP contribution in [0.4, 0.5) is 17.6 Å². The molecule has 0 bridgehead atoms. The van der Waals surface area contributed by atoms with Crippen molar-refractivity contribution in [1.82, 2.24) is 15.5 Å². The van der Waals surface area contributed by atoms with Crippen molar-refractivity contribution < 1.29 is 31.9 Å². The third-order valence-corrected chi connectivity index (χ3v) is 3.07. The number of nitrogens with one attached hydrogen (secondary N) is 1. The minimum Gasteiger partial charge on any atom is -0.379 e. The second kappa shape index (κ2) is 6.24. The third-order valence-electron chi connectivity index (χ3n) is 3.07. The molecule has 21 heavy (non-hydrogen) atoms. The molecular formula is C11H15F4N3O3. The van der Waals surface area contributed by atoms with Gasteiger partial charge >= 0.3 is 12.3 Å². The lowest BCUT2D eigenvalue weighted by Gasteiger charge is -2.28. The Hall–Kier alpha value is -1.26. The van der Waals surface area contributed by atoms with Crippen molar-refractivity contribution in [3.05, 3.63) is 11.7 Å². The first-order chi connectivity index (χ1) is 9.83. The zero-order valence-corrected chi connectivity index (χ0v) is 11.0. The van der Waals surface area contributed by atoms with Gasteiger partial charge < -0.3 is 19.7 Å². The van der Waals surface area contributed by atoms with Gasteiger partial charge in [0.15, 0.2) is 11.4 Å². The highest BCUT2D eigenvalue weighted by atomic mass is 19.3. The average Bonchev–Trinajstić information content (AvgIpc) is 2.89. The number of aromatic nitrogens is 2. The molecule has 2 rings (SSSR count). The Kier molecular flexibility index (Phi) is 4.79. The molecule has 0 radical (unpaired) electrons. The Morgan fingerprint density at radius 2 is 2.24 bits per heavy atom. The highest BCUT2D eigenvalue weighted by molar-refractivity contribution is 5.01. The fourth-order valence-electron chi connectivity index (χ4n) is 1.91. The molecule has 0 aliphatic carbocycles. The summed E-state index contributed by atoms with van der Waals surface area (Å²) in [4.78, 5) is 3.84. The summed E-state index contributed by atoms with van der Waals surface area (Å²) in [6.07, 6.45) is -2.66. The number of halogens is 4. The first kappa shape index (κ1) is 16.1. The summed E-state index contributed by atoms with van der Waals surface area (Å²) in [6.45, 7) is -0.955. The summed E-state index contributed by atoms with van der Waals surface area (Å²) in [5.74, 6) is -4.36. The molecule has 1 aliphatic heterocycles. The lowest BCUT2D eigenvalue weighted by atomic mass is 9.94. The van der Waals surface area contributed by atoms with Gasteiger partial charge in [-0.3, -0.25) is 0 Å². The molecule has 1 aromatic heterocycles. The van der Waals surface area contributed by atoms with Crippen LogP contribution in [-0.4, -0.2) is 47.3 Å². The Labute approximate surface area is 117 Å². The van der Waals surface area contributed by atoms with E-state index in [-0.39, 0.29) is 18.3 Å². The van der Waals surface area contributed by atoms with E-state index in [2.05, 4.69) is 20.2 Å². The van der Waals surface area contributed by atoms with Crippen molar-refractivity contribution in [2.45, 2.75) is 37.4 Å². The van der Waals surface area contributed by atoms with Crippen LogP contribution in [0.25, 0.3) is 0 Å². The standard InChI is InChI=1S/C11H15F4N3O3/c12-8(13)11(14,15)6-20-4-7-17-9(21-18-7)10(19)2-1-3-16-5-10/h8,16,19H,1-6H2. The molecular weight excluding hydrogens is 298 g/mol. The van der Waals surface area contributed by atoms with E-state index in [9.17, 15) is 22.7 Å². The van der Waals surface area contributed by atoms with E-state index in [4.69, 9.17) is 4.52 Å². The van der Waals surface area contributed by atoms with Crippen LogP contribution in [-0.2, 0) is 16.9 Å². The minimum absolute atomic E-state index is 0.0473. The number of alkyl halides is 4. The van der Waals surface area contributed by atoms with Crippen molar-refractivity contribution in [2.75, 3.05) is 19.7 Å². The molecule has 10 heteroatoms. The summed E-state index contributed by atoms with van der Waals surface area (Å²) in [5, 5.41) is 16.7. The van der Waals surface area contributed by atoms with Crippen LogP contribution in [0.15, 0.2) is 4.52 Å². The van der Waals surface area contributed by atoms with Gasteiger partial charge in [-0.05, 0) is 19.4 Å². The van der Waals surface area contributed by atoms with E-state index >= 15 is 0 Å². The van der Waals surface area contributed by atoms with Crippen LogP contribution in [0.5, 0.6) is 0 Å². The number of hydrogen-bond acceptors (Lipinski definition) is 6. The summed E-state index contributed by atoms with van der Waals surface area (Å²) in [5.41, 5.74) is -1.31. The predicted octanol–water partition coefficient (Wildman–Crippen LogP) is 1.06. The second-order valence-corrected chi connectivity index (χ2v) is 4.88. The van der Waals surface area contributed by atoms with E-state index < -0.39 is 31.2 Å². The van der Waals surface area contributed by atoms with Gasteiger partial charge in [-0.1, -0.05) is 5.16 Å². The van der Waals surface area contributed by atoms with Crippen LogP contribution in [0.2, 0.25) is 0 Å². The number of aliphatic hydroxyl groups is 1. The fourth-order valence-corrected chi connectivity index (χ4v) is 1.91. The Bertz CT molecular complexity index is 463. The molecule has 1 fully saturated rings. The molecule has 0 aromatic carbocycles. The Morgan fingerprint density at radius 1 is 1.48 bits per heavy atom. The molecule has 0 spiro atoms. The number of hydrogen-bond donors (Lipinski definition) is 2. The van der Waals surface area contributed by atoms with Crippen molar-refractivity contribution in [2.24, 2.45) is 0 Å². The highest BCUT2D eigenvalue weighted by Gasteiger charge is 2.41. The van der Waals surface area contributed by atoms with Gasteiger partial charge in [-0.2, -0.15) is 13.8 Å². The van der Waals surface area contributed by atoms with Gasteiger partial charge in [0.25, 0.3) is 5.89 Å². The summed E-state index contributed by atoms with van der Waals surface area (Å²) in [6, 6.07) is 0. The SMILES string of the molecule is OC1(c2nc(COCC(F)(F)C(F)F)no2)CCCNC1. The first-order valence-corrected chi connectivity index (χ1v) is 6.33. The van der Waals surface area contributed by atoms with Gasteiger partial charge in [0.1, 0.15) is 13.2 Å². The van der Waals surface area contributed by atoms with E-state index in [1.54, 1.807) is 0 Å². The maximum atomic E-state index is 12.6. The molecule has 0 saturated carbocycles. The molecule has 2 heterocycles. The van der Waals surface area contributed by atoms with Gasteiger partial charge in [-0.25, -0.2) is 8.78 Å². The number of nitrogens with zero attached hydrogens (tertiary/aromatic N) is 2. The van der Waals surface area contributed by atoms with Crippen LogP contribution in [0, 0.1) is 0 Å². The van der Waals surface area contributed by atoms with Crippen molar-refractivity contribution >= 4 is 0 Å². The van der Waals surface area contributed by atoms with Crippen LogP contribution >= 0.6 is 0 Å². The highest BCUT2D eigenvalue weighted by Crippen LogP contribution is 2.27. The molecule has 1 aromatic rings. The molecule has 1 atom stereocenters. The van der Waals surface area contributed by atoms with Gasteiger partial charge in [0, 0.05) is 6.54 Å². The fraction of sp³-hybridized carbons (Fsp3) is 0.818. The molecule has 2 N–H and O–H groups in total. The molecule has 1 aliphatic rings. The van der Waals surface area contributed by atoms with Crippen molar-refractivity contribution in [3.63, 3.8) is 0 Å². The van der Waals surface area contributed by atoms with Crippen molar-refractivity contribution in [3.8, 4) is 0 Å². The Balaban J connectivity index is 1.89. The largest absolute Gasteiger partial charge is 0.379 e. The number of piperidine rings is 1. The lowest BCUT2D eigenvalue weighted by Crippen LogP contribution is -2.43. The first-order valence-electron chi connectivity index (χ1n) is 6.33. The predicted molar refractivity (Wildman–Crippen MR) is 60.9 cm³/mol. The van der Waals surface area contributed by atoms with Gasteiger partial charge in [0.05, 0.1) is 0 Å². The second-order valence-electron chi connectivity index (χ2n) is 4.88. The average molecular weight is 313 g/mol. The van der Waals surface area contributed by atoms with Crippen molar-refractivity contribution in [1.29, 1.82) is 0 Å². The minimum atomic E-state index is -4.22. The van der Waals surface area contributed by atoms with E-state index in [0.29, 0.717) is 12.8 Å². The van der Waals surface area contributed by atoms with Gasteiger partial charge in [-0.15, -0.1) is 0 Å². The lowest BCUT2D eigenvalue weighted by molar-refractivity contribution is -0.168. The molecule has 0 amide bonds. The van der Waals surface area contributed by atoms with E-state index in [1.807, 2.05) is 0 Å². The summed E-state index contributed by atoms with van der Waals surface area (Å²) in [7, 11) is 0. The monoisotopic (exact) mass is 313 g/mol. The zero-order chi connectivity index (χ0) is 15.5. The third kappa shape index (κ3) is 3.89. The van der Waals surface area contributed by atoms with E-state index in [1.165, 1.54) is 0 Å². The number of ether oxygens (including phenoxy) is 1. The maximum absolute atomic E-state index is 12.6. The molecule has 1 unspecified atom stereocenters. The van der Waals surface area contributed by atoms with Crippen LogP contribution in [0.1, 0.15) is 24.6 Å². The molecule has 1 saturated heterocycles. The van der Waals surface area contributed by atoms with Crippen LogP contribution < -0.4 is 5.32 Å². The maximum Gasteiger partial charge on any atom is 0.330 e. The Morgan fingerprint density at radius 3 is 2.86 bits per heavy atom. The van der Waals surface area contributed by atoms with Crippen LogP contribution in [0.3, 0.4) is 0 Å². The normalized spacial score (nSPS) is 23.7. The van der Waals surface area contributed by atoms with Gasteiger partial charge in [0.2, 0.25) is 0 Å². The zero-order valence-electron chi connectivity index (χ0n) is 11.0. The number of β-amino-alcohol motifs (C(OH)–C–C–N with tert-alkyl or cyclic N) is 1. The summed E-state index contributed by atoms with van der Waals surface area (Å²) < 4.78 is 58.4. The topological polar surface area (TPSA) is 80.4 Å². The van der Waals surface area contributed by atoms with E-state index in [0.717, 1.165) is 6.54 Å².